The Labute approximate surface area is 475 Å². The maximum Gasteiger partial charge on any atom is 0.250 e. The molecule has 0 radical (unpaired) electrons. The number of hydrogen-bond donors (Lipinski definition) is 17. The van der Waals surface area contributed by atoms with Crippen molar-refractivity contribution in [3.05, 3.63) is 0 Å². The fourth-order valence-electron chi connectivity index (χ4n) is 8.53. The summed E-state index contributed by atoms with van der Waals surface area (Å²) in [6.07, 6.45) is -0.387. The Morgan fingerprint density at radius 3 is 1.40 bits per heavy atom. The van der Waals surface area contributed by atoms with Crippen molar-refractivity contribution in [1.82, 2.24) is 58.5 Å². The van der Waals surface area contributed by atoms with Crippen molar-refractivity contribution in [2.45, 2.75) is 199 Å². The van der Waals surface area contributed by atoms with E-state index in [-0.39, 0.29) is 95.9 Å². The highest BCUT2D eigenvalue weighted by Gasteiger charge is 2.37. The number of ketones is 1. The molecule has 0 aromatic heterocycles. The van der Waals surface area contributed by atoms with Gasteiger partial charge in [-0.3, -0.25) is 57.5 Å². The molecule has 12 atom stereocenters. The van der Waals surface area contributed by atoms with E-state index < -0.39 is 150 Å². The number of aliphatic hydroxyl groups is 1. The largest absolute Gasteiger partial charge is 0.391 e. The lowest BCUT2D eigenvalue weighted by Gasteiger charge is -2.29. The topological polar surface area (TPSA) is 487 Å². The summed E-state index contributed by atoms with van der Waals surface area (Å²) in [5, 5.41) is 38.5. The van der Waals surface area contributed by atoms with Crippen LogP contribution in [0.3, 0.4) is 0 Å². The van der Waals surface area contributed by atoms with Crippen LogP contribution in [0.2, 0.25) is 0 Å². The van der Waals surface area contributed by atoms with Crippen LogP contribution in [0.4, 0.5) is 0 Å². The third-order valence-corrected chi connectivity index (χ3v) is 13.3. The highest BCUT2D eigenvalue weighted by Crippen LogP contribution is 2.13. The van der Waals surface area contributed by atoms with Gasteiger partial charge in [-0.1, -0.05) is 54.4 Å². The fraction of sp³-hybridized carbons (Fsp3) is 0.769. The van der Waals surface area contributed by atoms with Crippen LogP contribution in [0.25, 0.3) is 0 Å². The highest BCUT2D eigenvalue weighted by atomic mass is 16.3. The Kier molecular flexibility index (Phi) is 34.4. The number of aliphatic hydroxyl groups excluding tert-OH is 1. The molecule has 1 unspecified atom stereocenters. The molecular formula is C52H96N16O13. The van der Waals surface area contributed by atoms with Crippen LogP contribution in [-0.2, 0) is 57.5 Å². The van der Waals surface area contributed by atoms with Crippen molar-refractivity contribution < 1.29 is 62.6 Å². The van der Waals surface area contributed by atoms with E-state index in [1.807, 2.05) is 13.8 Å². The molecule has 462 valence electrons. The van der Waals surface area contributed by atoms with Gasteiger partial charge in [0.25, 0.3) is 5.91 Å². The van der Waals surface area contributed by atoms with Crippen LogP contribution in [0.1, 0.15) is 132 Å². The number of Topliss-reactive ketones (excluding diaryl/α,β-unsaturated/α-hetero) is 1. The molecule has 11 amide bonds. The van der Waals surface area contributed by atoms with Gasteiger partial charge in [0, 0.05) is 13.0 Å². The Morgan fingerprint density at radius 2 is 0.975 bits per heavy atom. The summed E-state index contributed by atoms with van der Waals surface area (Å²) in [4.78, 5) is 165. The van der Waals surface area contributed by atoms with Crippen LogP contribution in [0.5, 0.6) is 0 Å². The average Bonchev–Trinajstić information content (AvgIpc) is 3.39. The summed E-state index contributed by atoms with van der Waals surface area (Å²) in [7, 11) is 0. The predicted octanol–water partition coefficient (Wildman–Crippen LogP) is -5.62. The van der Waals surface area contributed by atoms with E-state index in [9.17, 15) is 62.6 Å². The van der Waals surface area contributed by atoms with Crippen molar-refractivity contribution in [3.63, 3.8) is 0 Å². The lowest BCUT2D eigenvalue weighted by atomic mass is 9.99. The molecule has 81 heavy (non-hydrogen) atoms. The number of amides is 11. The van der Waals surface area contributed by atoms with Crippen molar-refractivity contribution in [2.24, 2.45) is 46.4 Å². The van der Waals surface area contributed by atoms with Gasteiger partial charge in [0.2, 0.25) is 59.1 Å². The summed E-state index contributed by atoms with van der Waals surface area (Å²) in [6, 6.07) is -14.8. The summed E-state index contributed by atoms with van der Waals surface area (Å²) in [6.45, 7) is 12.2. The van der Waals surface area contributed by atoms with Gasteiger partial charge in [-0.05, 0) is 122 Å². The third kappa shape index (κ3) is 26.8. The minimum absolute atomic E-state index is 0.0391. The van der Waals surface area contributed by atoms with Gasteiger partial charge in [-0.25, -0.2) is 0 Å². The number of nitrogens with two attached hydrogens (primary N) is 5. The van der Waals surface area contributed by atoms with Gasteiger partial charge in [0.1, 0.15) is 54.4 Å². The van der Waals surface area contributed by atoms with E-state index in [0.29, 0.717) is 12.3 Å². The van der Waals surface area contributed by atoms with Gasteiger partial charge < -0.3 is 92.3 Å². The van der Waals surface area contributed by atoms with Crippen molar-refractivity contribution in [2.75, 3.05) is 39.3 Å². The lowest BCUT2D eigenvalue weighted by Crippen LogP contribution is -2.61. The Balaban J connectivity index is 3.84. The molecule has 1 rings (SSSR count). The van der Waals surface area contributed by atoms with Gasteiger partial charge in [0.05, 0.1) is 6.10 Å². The van der Waals surface area contributed by atoms with Gasteiger partial charge >= 0.3 is 0 Å². The van der Waals surface area contributed by atoms with E-state index in [0.717, 1.165) is 19.8 Å². The first-order chi connectivity index (χ1) is 38.2. The number of hydrogen-bond acceptors (Lipinski definition) is 18. The summed E-state index contributed by atoms with van der Waals surface area (Å²) in [5.74, 6) is -10.7. The second kappa shape index (κ2) is 38.3. The first-order valence-electron chi connectivity index (χ1n) is 28.2. The van der Waals surface area contributed by atoms with Crippen LogP contribution >= 0.6 is 0 Å². The molecular weight excluding hydrogens is 1060 g/mol. The zero-order chi connectivity index (χ0) is 61.5. The third-order valence-electron chi connectivity index (χ3n) is 13.3. The van der Waals surface area contributed by atoms with E-state index >= 15 is 0 Å². The molecule has 29 heteroatoms. The zero-order valence-corrected chi connectivity index (χ0v) is 48.5. The number of carbonyl (C=O) groups is 12. The predicted molar refractivity (Wildman–Crippen MR) is 300 cm³/mol. The Morgan fingerprint density at radius 1 is 0.543 bits per heavy atom. The maximum absolute atomic E-state index is 14.4. The van der Waals surface area contributed by atoms with Crippen molar-refractivity contribution in [3.8, 4) is 0 Å². The van der Waals surface area contributed by atoms with Crippen molar-refractivity contribution >= 4 is 70.8 Å². The van der Waals surface area contributed by atoms with E-state index in [1.54, 1.807) is 27.7 Å². The maximum atomic E-state index is 14.4. The molecule has 0 spiro atoms. The molecule has 1 aliphatic heterocycles. The second-order valence-corrected chi connectivity index (χ2v) is 21.5. The zero-order valence-electron chi connectivity index (χ0n) is 48.5. The number of nitrogens with one attached hydrogen (secondary N) is 11. The number of rotatable bonds is 28. The molecule has 22 N–H and O–H groups in total. The smallest absolute Gasteiger partial charge is 0.250 e. The van der Waals surface area contributed by atoms with Crippen LogP contribution in [-0.4, -0.2) is 182 Å². The molecule has 1 fully saturated rings. The molecule has 0 aromatic rings. The molecule has 0 aromatic carbocycles. The SMILES string of the molecule is CCC(C)CCCC(=O)N[C@@H](CCN)C(=O)N[C@@H](C(C)=O)C(=O)N[C@@H](CCN)C(=O)N[C@H]1CCNC(=O)[C@H]([C@@H](C)O)NC(=O)[C@H](CCN)NC(=O)[C@H](CCN)NC(=O)[C@H](CC(C)C)NC(=O)[C@@H](CC(C)C)NC(=O)[C@H](CCN)NC1=O. The van der Waals surface area contributed by atoms with E-state index in [2.05, 4.69) is 58.5 Å². The Hall–Kier alpha value is -6.40. The first-order valence-corrected chi connectivity index (χ1v) is 28.2. The molecule has 0 aliphatic carbocycles. The molecule has 29 nitrogen and oxygen atoms in total. The standard InChI is InChI=1S/C52H96N16O13/c1-9-29(6)11-10-12-40(71)59-32(13-19-53)47(76)68-42(31(8)70)52(81)64-35(16-22-56)44(73)63-37-18-24-58-51(80)41(30(7)69)67-48(77)36(17-23-57)61-43(72)33(14-20-54)62-49(78)38(25-27(2)3)66-50(79)39(26-28(4)5)65-45(74)34(15-21-55)60-46(37)75/h27-30,32-39,41-42,69H,9-26,53-57H2,1-8H3,(H,58,80)(H,59,71)(H,60,75)(H,61,72)(H,62,78)(H,63,73)(H,64,81)(H,65,74)(H,66,79)(H,67,77)(H,68,76)/t29?,30-,32+,33+,34+,35+,36+,37+,38+,39-,41+,42+/m1/s1. The summed E-state index contributed by atoms with van der Waals surface area (Å²) < 4.78 is 0. The van der Waals surface area contributed by atoms with Gasteiger partial charge in [-0.15, -0.1) is 0 Å². The summed E-state index contributed by atoms with van der Waals surface area (Å²) in [5.41, 5.74) is 29.2. The minimum atomic E-state index is -1.89. The number of carbonyl (C=O) groups excluding carboxylic acids is 12. The van der Waals surface area contributed by atoms with Crippen LogP contribution < -0.4 is 87.2 Å². The quantitative estimate of drug-likeness (QED) is 0.0325. The van der Waals surface area contributed by atoms with E-state index in [4.69, 9.17) is 28.7 Å². The average molecular weight is 1150 g/mol. The summed E-state index contributed by atoms with van der Waals surface area (Å²) >= 11 is 0. The van der Waals surface area contributed by atoms with E-state index in [1.165, 1.54) is 6.92 Å². The monoisotopic (exact) mass is 1150 g/mol. The normalized spacial score (nSPS) is 23.1. The molecule has 0 saturated carbocycles. The van der Waals surface area contributed by atoms with Crippen LogP contribution in [0.15, 0.2) is 0 Å². The highest BCUT2D eigenvalue weighted by molar-refractivity contribution is 6.08. The van der Waals surface area contributed by atoms with Crippen LogP contribution in [0, 0.1) is 17.8 Å². The van der Waals surface area contributed by atoms with Gasteiger partial charge in [-0.2, -0.15) is 0 Å². The molecule has 1 saturated heterocycles. The molecule has 1 heterocycles. The van der Waals surface area contributed by atoms with Crippen molar-refractivity contribution in [1.29, 1.82) is 0 Å². The second-order valence-electron chi connectivity index (χ2n) is 21.5. The fourth-order valence-corrected chi connectivity index (χ4v) is 8.53. The minimum Gasteiger partial charge on any atom is -0.391 e. The first kappa shape index (κ1) is 72.6. The Bertz CT molecular complexity index is 2100. The van der Waals surface area contributed by atoms with Gasteiger partial charge in [0.15, 0.2) is 11.8 Å². The lowest BCUT2D eigenvalue weighted by molar-refractivity contribution is -0.138. The molecule has 1 aliphatic rings. The molecule has 0 bridgehead atoms.